The van der Waals surface area contributed by atoms with Crippen LogP contribution in [0.3, 0.4) is 0 Å². The zero-order valence-corrected chi connectivity index (χ0v) is 18.3. The van der Waals surface area contributed by atoms with Crippen LogP contribution in [0.15, 0.2) is 0 Å². The summed E-state index contributed by atoms with van der Waals surface area (Å²) in [5, 5.41) is 0. The molecule has 2 atom stereocenters. The summed E-state index contributed by atoms with van der Waals surface area (Å²) in [7, 11) is -4.74. The van der Waals surface area contributed by atoms with Crippen LogP contribution in [0.4, 0.5) is 0 Å². The summed E-state index contributed by atoms with van der Waals surface area (Å²) < 4.78 is 43.8. The molecule has 1 aliphatic heterocycles. The maximum absolute atomic E-state index is 11.0. The average molecular weight is 396 g/mol. The SMILES string of the molecule is CCCCCCCCCCCC1OC1(CCC)C(C)(C)OS(=O)(=O)[O-].[NH4+]. The van der Waals surface area contributed by atoms with Gasteiger partial charge in [-0.05, 0) is 26.7 Å². The Labute approximate surface area is 161 Å². The lowest BCUT2D eigenvalue weighted by atomic mass is 9.82. The summed E-state index contributed by atoms with van der Waals surface area (Å²) in [6, 6.07) is 0. The largest absolute Gasteiger partial charge is 0.726 e. The third-order valence-electron chi connectivity index (χ3n) is 5.34. The summed E-state index contributed by atoms with van der Waals surface area (Å²) in [4.78, 5) is 0. The number of rotatable bonds is 15. The molecule has 0 bridgehead atoms. The molecule has 6 nitrogen and oxygen atoms in total. The molecular formula is C19H41NO5S. The van der Waals surface area contributed by atoms with E-state index in [1.54, 1.807) is 13.8 Å². The fraction of sp³-hybridized carbons (Fsp3) is 1.00. The second-order valence-corrected chi connectivity index (χ2v) is 8.85. The Morgan fingerprint density at radius 3 is 1.92 bits per heavy atom. The second-order valence-electron chi connectivity index (χ2n) is 7.86. The van der Waals surface area contributed by atoms with Crippen molar-refractivity contribution in [1.82, 2.24) is 6.15 Å². The summed E-state index contributed by atoms with van der Waals surface area (Å²) in [6.45, 7) is 7.56. The number of unbranched alkanes of at least 4 members (excludes halogenated alkanes) is 8. The number of epoxide rings is 1. The maximum Gasteiger partial charge on any atom is 0.218 e. The predicted octanol–water partition coefficient (Wildman–Crippen LogP) is 5.48. The van der Waals surface area contributed by atoms with Gasteiger partial charge in [0.15, 0.2) is 0 Å². The number of hydrogen-bond donors (Lipinski definition) is 1. The van der Waals surface area contributed by atoms with Gasteiger partial charge in [0.05, 0.1) is 6.10 Å². The summed E-state index contributed by atoms with van der Waals surface area (Å²) in [5.41, 5.74) is -1.76. The normalized spacial score (nSPS) is 22.9. The van der Waals surface area contributed by atoms with Crippen molar-refractivity contribution in [3.63, 3.8) is 0 Å². The highest BCUT2D eigenvalue weighted by Gasteiger charge is 2.65. The Hall–Kier alpha value is -0.210. The van der Waals surface area contributed by atoms with E-state index in [9.17, 15) is 13.0 Å². The smallest absolute Gasteiger partial charge is 0.218 e. The van der Waals surface area contributed by atoms with Crippen LogP contribution < -0.4 is 6.15 Å². The van der Waals surface area contributed by atoms with E-state index < -0.39 is 21.6 Å². The quantitative estimate of drug-likeness (QED) is 0.171. The molecule has 1 saturated heterocycles. The molecule has 1 heterocycles. The third kappa shape index (κ3) is 8.21. The van der Waals surface area contributed by atoms with Crippen LogP contribution in [0.5, 0.6) is 0 Å². The molecule has 0 aliphatic carbocycles. The van der Waals surface area contributed by atoms with Gasteiger partial charge in [0, 0.05) is 0 Å². The van der Waals surface area contributed by atoms with Crippen LogP contribution in [-0.4, -0.2) is 30.3 Å². The number of quaternary nitrogens is 1. The van der Waals surface area contributed by atoms with Crippen molar-refractivity contribution >= 4 is 10.4 Å². The summed E-state index contributed by atoms with van der Waals surface area (Å²) >= 11 is 0. The molecule has 0 spiro atoms. The van der Waals surface area contributed by atoms with Crippen molar-refractivity contribution in [1.29, 1.82) is 0 Å². The standard InChI is InChI=1S/C19H38O5S.H3N/c1-5-7-8-9-10-11-12-13-14-15-17-19(23-17,16-6-2)18(3,4)24-25(20,21)22;/h17H,5-16H2,1-4H3,(H,20,21,22);1H3. The van der Waals surface area contributed by atoms with Crippen LogP contribution in [-0.2, 0) is 19.3 Å². The first-order valence-corrected chi connectivity index (χ1v) is 11.4. The molecule has 0 radical (unpaired) electrons. The van der Waals surface area contributed by atoms with Gasteiger partial charge in [-0.1, -0.05) is 78.1 Å². The monoisotopic (exact) mass is 395 g/mol. The van der Waals surface area contributed by atoms with Gasteiger partial charge in [0.25, 0.3) is 0 Å². The van der Waals surface area contributed by atoms with E-state index in [0.717, 1.165) is 19.3 Å². The van der Waals surface area contributed by atoms with Gasteiger partial charge in [-0.3, -0.25) is 4.18 Å². The van der Waals surface area contributed by atoms with Gasteiger partial charge in [-0.15, -0.1) is 0 Å². The molecular weight excluding hydrogens is 354 g/mol. The third-order valence-corrected chi connectivity index (χ3v) is 5.96. The highest BCUT2D eigenvalue weighted by molar-refractivity contribution is 7.80. The van der Waals surface area contributed by atoms with E-state index in [0.29, 0.717) is 6.42 Å². The van der Waals surface area contributed by atoms with Crippen molar-refractivity contribution in [2.24, 2.45) is 0 Å². The Morgan fingerprint density at radius 2 is 1.46 bits per heavy atom. The van der Waals surface area contributed by atoms with Crippen molar-refractivity contribution in [2.45, 2.75) is 122 Å². The molecule has 0 aromatic rings. The molecule has 158 valence electrons. The minimum absolute atomic E-state index is 0. The van der Waals surface area contributed by atoms with Crippen molar-refractivity contribution < 1.29 is 21.9 Å². The predicted molar refractivity (Wildman–Crippen MR) is 105 cm³/mol. The lowest BCUT2D eigenvalue weighted by Gasteiger charge is -2.33. The van der Waals surface area contributed by atoms with Crippen LogP contribution in [0.2, 0.25) is 0 Å². The van der Waals surface area contributed by atoms with Gasteiger partial charge in [0.2, 0.25) is 10.4 Å². The molecule has 7 heteroatoms. The summed E-state index contributed by atoms with van der Waals surface area (Å²) in [6.07, 6.45) is 13.9. The minimum Gasteiger partial charge on any atom is -0.726 e. The Balaban J connectivity index is 0.00000625. The Bertz CT molecular complexity index is 480. The molecule has 1 aliphatic rings. The van der Waals surface area contributed by atoms with Crippen LogP contribution >= 0.6 is 0 Å². The number of ether oxygens (including phenoxy) is 1. The van der Waals surface area contributed by atoms with Crippen molar-refractivity contribution in [3.05, 3.63) is 0 Å². The Kier molecular flexibility index (Phi) is 11.5. The number of hydrogen-bond acceptors (Lipinski definition) is 5. The Morgan fingerprint density at radius 1 is 0.962 bits per heavy atom. The van der Waals surface area contributed by atoms with Gasteiger partial charge in [0.1, 0.15) is 11.2 Å². The van der Waals surface area contributed by atoms with Crippen LogP contribution in [0, 0.1) is 0 Å². The maximum atomic E-state index is 11.0. The van der Waals surface area contributed by atoms with E-state index in [1.165, 1.54) is 51.4 Å². The van der Waals surface area contributed by atoms with Gasteiger partial charge < -0.3 is 15.4 Å². The van der Waals surface area contributed by atoms with Crippen molar-refractivity contribution in [3.8, 4) is 0 Å². The zero-order chi connectivity index (χ0) is 19.0. The molecule has 0 aromatic heterocycles. The highest BCUT2D eigenvalue weighted by Crippen LogP contribution is 2.52. The van der Waals surface area contributed by atoms with Gasteiger partial charge in [-0.2, -0.15) is 0 Å². The zero-order valence-electron chi connectivity index (χ0n) is 17.5. The van der Waals surface area contributed by atoms with E-state index in [2.05, 4.69) is 6.92 Å². The van der Waals surface area contributed by atoms with E-state index in [1.807, 2.05) is 6.92 Å². The van der Waals surface area contributed by atoms with Gasteiger partial charge >= 0.3 is 0 Å². The minimum atomic E-state index is -4.74. The van der Waals surface area contributed by atoms with Gasteiger partial charge in [-0.25, -0.2) is 8.42 Å². The topological polar surface area (TPSA) is 115 Å². The second kappa shape index (κ2) is 11.6. The molecule has 2 unspecified atom stereocenters. The van der Waals surface area contributed by atoms with E-state index in [4.69, 9.17) is 8.92 Å². The lowest BCUT2D eigenvalue weighted by Crippen LogP contribution is -2.45. The summed E-state index contributed by atoms with van der Waals surface area (Å²) in [5.74, 6) is 0. The fourth-order valence-corrected chi connectivity index (χ4v) is 4.55. The molecule has 0 aromatic carbocycles. The molecule has 0 saturated carbocycles. The molecule has 1 rings (SSSR count). The van der Waals surface area contributed by atoms with Crippen LogP contribution in [0.1, 0.15) is 105 Å². The lowest BCUT2D eigenvalue weighted by molar-refractivity contribution is 0.00826. The van der Waals surface area contributed by atoms with E-state index in [-0.39, 0.29) is 12.3 Å². The first-order valence-electron chi connectivity index (χ1n) is 10.0. The average Bonchev–Trinajstić information content (AvgIpc) is 3.19. The molecule has 1 fully saturated rings. The molecule has 0 amide bonds. The first-order chi connectivity index (χ1) is 11.7. The molecule has 4 N–H and O–H groups in total. The van der Waals surface area contributed by atoms with Crippen molar-refractivity contribution in [2.75, 3.05) is 0 Å². The highest BCUT2D eigenvalue weighted by atomic mass is 32.3. The molecule has 26 heavy (non-hydrogen) atoms. The van der Waals surface area contributed by atoms with E-state index >= 15 is 0 Å². The first kappa shape index (κ1) is 25.8. The fourth-order valence-electron chi connectivity index (χ4n) is 3.90. The van der Waals surface area contributed by atoms with Crippen LogP contribution in [0.25, 0.3) is 0 Å².